The molecule has 31 heavy (non-hydrogen) atoms. The Morgan fingerprint density at radius 2 is 1.74 bits per heavy atom. The molecule has 1 amide bonds. The minimum atomic E-state index is 0. The smallest absolute Gasteiger partial charge is 0.225 e. The van der Waals surface area contributed by atoms with Crippen molar-refractivity contribution in [2.75, 3.05) is 45.8 Å². The Balaban J connectivity index is 0.00000341. The molecule has 2 N–H and O–H groups in total. The van der Waals surface area contributed by atoms with Gasteiger partial charge < -0.3 is 20.4 Å². The lowest BCUT2D eigenvalue weighted by molar-refractivity contribution is -0.134. The molecule has 6 nitrogen and oxygen atoms in total. The van der Waals surface area contributed by atoms with E-state index in [-0.39, 0.29) is 29.9 Å². The van der Waals surface area contributed by atoms with Crippen LogP contribution >= 0.6 is 24.0 Å². The van der Waals surface area contributed by atoms with Gasteiger partial charge in [0.15, 0.2) is 5.96 Å². The van der Waals surface area contributed by atoms with Gasteiger partial charge in [-0.2, -0.15) is 0 Å². The van der Waals surface area contributed by atoms with Crippen LogP contribution in [-0.4, -0.2) is 73.5 Å². The SMILES string of the molecule is CCNC(=NCCCCN1CC(C)CC(C)C1)NC1CCN(C(=O)C2CCCC2)C1.I. The summed E-state index contributed by atoms with van der Waals surface area (Å²) < 4.78 is 0. The molecular formula is C24H46IN5O. The highest BCUT2D eigenvalue weighted by Gasteiger charge is 2.32. The molecule has 3 atom stereocenters. The van der Waals surface area contributed by atoms with E-state index in [4.69, 9.17) is 4.99 Å². The van der Waals surface area contributed by atoms with Crippen LogP contribution in [0.5, 0.6) is 0 Å². The first kappa shape index (κ1) is 26.7. The Hall–Kier alpha value is -0.570. The molecule has 180 valence electrons. The van der Waals surface area contributed by atoms with Crippen molar-refractivity contribution in [3.63, 3.8) is 0 Å². The number of rotatable bonds is 8. The molecule has 3 unspecified atom stereocenters. The number of amides is 1. The van der Waals surface area contributed by atoms with Gasteiger partial charge in [0.05, 0.1) is 0 Å². The summed E-state index contributed by atoms with van der Waals surface area (Å²) >= 11 is 0. The van der Waals surface area contributed by atoms with Gasteiger partial charge in [-0.3, -0.25) is 9.79 Å². The lowest BCUT2D eigenvalue weighted by Gasteiger charge is -2.34. The van der Waals surface area contributed by atoms with Crippen LogP contribution < -0.4 is 10.6 Å². The van der Waals surface area contributed by atoms with Crippen LogP contribution in [0.3, 0.4) is 0 Å². The molecule has 0 spiro atoms. The number of unbranched alkanes of at least 4 members (excludes halogenated alkanes) is 1. The molecule has 1 saturated carbocycles. The van der Waals surface area contributed by atoms with E-state index in [0.29, 0.717) is 11.9 Å². The first-order valence-electron chi connectivity index (χ1n) is 12.6. The Kier molecular flexibility index (Phi) is 11.9. The third-order valence-electron chi connectivity index (χ3n) is 6.99. The summed E-state index contributed by atoms with van der Waals surface area (Å²) in [6.45, 7) is 14.0. The van der Waals surface area contributed by atoms with Crippen molar-refractivity contribution >= 4 is 35.8 Å². The van der Waals surface area contributed by atoms with Gasteiger partial charge in [0, 0.05) is 51.2 Å². The molecular weight excluding hydrogens is 501 g/mol. The zero-order valence-corrected chi connectivity index (χ0v) is 22.4. The molecule has 1 aliphatic carbocycles. The van der Waals surface area contributed by atoms with E-state index in [1.54, 1.807) is 0 Å². The standard InChI is InChI=1S/C24H45N5O.HI/c1-4-25-24(26-12-7-8-13-28-16-19(2)15-20(3)17-28)27-22-11-14-29(18-22)23(30)21-9-5-6-10-21;/h19-22H,4-18H2,1-3H3,(H2,25,26,27);1H. The molecule has 2 saturated heterocycles. The minimum absolute atomic E-state index is 0. The molecule has 0 radical (unpaired) electrons. The maximum Gasteiger partial charge on any atom is 0.225 e. The van der Waals surface area contributed by atoms with Gasteiger partial charge in [-0.1, -0.05) is 26.7 Å². The number of halogens is 1. The summed E-state index contributed by atoms with van der Waals surface area (Å²) in [4.78, 5) is 22.2. The average molecular weight is 548 g/mol. The van der Waals surface area contributed by atoms with Crippen molar-refractivity contribution in [3.8, 4) is 0 Å². The Bertz CT molecular complexity index is 556. The van der Waals surface area contributed by atoms with Crippen LogP contribution in [0.4, 0.5) is 0 Å². The predicted molar refractivity (Wildman–Crippen MR) is 140 cm³/mol. The number of nitrogens with zero attached hydrogens (tertiary/aromatic N) is 3. The normalized spacial score (nSPS) is 27.9. The largest absolute Gasteiger partial charge is 0.357 e. The van der Waals surface area contributed by atoms with Crippen LogP contribution in [0.15, 0.2) is 4.99 Å². The fourth-order valence-electron chi connectivity index (χ4n) is 5.64. The van der Waals surface area contributed by atoms with E-state index < -0.39 is 0 Å². The van der Waals surface area contributed by atoms with Crippen molar-refractivity contribution in [1.29, 1.82) is 0 Å². The predicted octanol–water partition coefficient (Wildman–Crippen LogP) is 3.71. The van der Waals surface area contributed by atoms with Crippen LogP contribution in [0, 0.1) is 17.8 Å². The van der Waals surface area contributed by atoms with E-state index in [0.717, 1.165) is 69.7 Å². The number of carbonyl (C=O) groups is 1. The number of hydrogen-bond donors (Lipinski definition) is 2. The summed E-state index contributed by atoms with van der Waals surface area (Å²) in [6.07, 6.45) is 9.37. The van der Waals surface area contributed by atoms with E-state index in [1.165, 1.54) is 45.3 Å². The summed E-state index contributed by atoms with van der Waals surface area (Å²) in [6, 6.07) is 0.324. The topological polar surface area (TPSA) is 60.0 Å². The van der Waals surface area contributed by atoms with Crippen molar-refractivity contribution < 1.29 is 4.79 Å². The first-order chi connectivity index (χ1) is 14.5. The lowest BCUT2D eigenvalue weighted by Crippen LogP contribution is -2.45. The van der Waals surface area contributed by atoms with Gasteiger partial charge >= 0.3 is 0 Å². The summed E-state index contributed by atoms with van der Waals surface area (Å²) in [5.74, 6) is 3.26. The van der Waals surface area contributed by atoms with Crippen LogP contribution in [0.25, 0.3) is 0 Å². The number of nitrogens with one attached hydrogen (secondary N) is 2. The minimum Gasteiger partial charge on any atom is -0.357 e. The highest BCUT2D eigenvalue weighted by Crippen LogP contribution is 2.27. The molecule has 3 fully saturated rings. The maximum absolute atomic E-state index is 12.7. The van der Waals surface area contributed by atoms with Crippen LogP contribution in [-0.2, 0) is 4.79 Å². The zero-order valence-electron chi connectivity index (χ0n) is 20.1. The summed E-state index contributed by atoms with van der Waals surface area (Å²) in [7, 11) is 0. The van der Waals surface area contributed by atoms with E-state index in [2.05, 4.69) is 41.2 Å². The fourth-order valence-corrected chi connectivity index (χ4v) is 5.64. The summed E-state index contributed by atoms with van der Waals surface area (Å²) in [5, 5.41) is 6.96. The number of hydrogen-bond acceptors (Lipinski definition) is 3. The van der Waals surface area contributed by atoms with Crippen molar-refractivity contribution in [1.82, 2.24) is 20.4 Å². The van der Waals surface area contributed by atoms with Crippen molar-refractivity contribution in [3.05, 3.63) is 0 Å². The maximum atomic E-state index is 12.7. The highest BCUT2D eigenvalue weighted by atomic mass is 127. The molecule has 0 aromatic rings. The second kappa shape index (κ2) is 13.9. The molecule has 7 heteroatoms. The molecule has 3 aliphatic rings. The number of aliphatic imine (C=N–C) groups is 1. The number of carbonyl (C=O) groups excluding carboxylic acids is 1. The monoisotopic (exact) mass is 547 g/mol. The van der Waals surface area contributed by atoms with Crippen molar-refractivity contribution in [2.45, 2.75) is 78.2 Å². The number of likely N-dealkylation sites (tertiary alicyclic amines) is 2. The third-order valence-corrected chi connectivity index (χ3v) is 6.99. The second-order valence-corrected chi connectivity index (χ2v) is 10.1. The molecule has 2 aliphatic heterocycles. The molecule has 0 aromatic carbocycles. The van der Waals surface area contributed by atoms with Gasteiger partial charge in [-0.15, -0.1) is 24.0 Å². The van der Waals surface area contributed by atoms with Gasteiger partial charge in [0.2, 0.25) is 5.91 Å². The lowest BCUT2D eigenvalue weighted by atomic mass is 9.92. The van der Waals surface area contributed by atoms with Gasteiger partial charge in [0.1, 0.15) is 0 Å². The molecule has 0 aromatic heterocycles. The zero-order chi connectivity index (χ0) is 21.3. The quantitative estimate of drug-likeness (QED) is 0.211. The second-order valence-electron chi connectivity index (χ2n) is 10.1. The van der Waals surface area contributed by atoms with Gasteiger partial charge in [-0.25, -0.2) is 0 Å². The Labute approximate surface area is 207 Å². The molecule has 0 bridgehead atoms. The van der Waals surface area contributed by atoms with Crippen molar-refractivity contribution in [2.24, 2.45) is 22.7 Å². The van der Waals surface area contributed by atoms with Gasteiger partial charge in [0.25, 0.3) is 0 Å². The van der Waals surface area contributed by atoms with E-state index in [9.17, 15) is 4.79 Å². The fraction of sp³-hybridized carbons (Fsp3) is 0.917. The van der Waals surface area contributed by atoms with E-state index >= 15 is 0 Å². The third kappa shape index (κ3) is 8.71. The first-order valence-corrected chi connectivity index (χ1v) is 12.6. The Morgan fingerprint density at radius 1 is 1.03 bits per heavy atom. The average Bonchev–Trinajstić information content (AvgIpc) is 3.39. The molecule has 3 rings (SSSR count). The summed E-state index contributed by atoms with van der Waals surface area (Å²) in [5.41, 5.74) is 0. The molecule has 2 heterocycles. The van der Waals surface area contributed by atoms with E-state index in [1.807, 2.05) is 0 Å². The van der Waals surface area contributed by atoms with Crippen LogP contribution in [0.1, 0.15) is 72.1 Å². The van der Waals surface area contributed by atoms with Crippen LogP contribution in [0.2, 0.25) is 0 Å². The van der Waals surface area contributed by atoms with Gasteiger partial charge in [-0.05, 0) is 63.8 Å². The number of guanidine groups is 1. The highest BCUT2D eigenvalue weighted by molar-refractivity contribution is 14.0. The Morgan fingerprint density at radius 3 is 2.42 bits per heavy atom. The number of piperidine rings is 1.